The van der Waals surface area contributed by atoms with Gasteiger partial charge in [0.15, 0.2) is 0 Å². The lowest BCUT2D eigenvalue weighted by Crippen LogP contribution is -2.43. The van der Waals surface area contributed by atoms with Crippen LogP contribution in [0.4, 0.5) is 0 Å². The Labute approximate surface area is 85.1 Å². The van der Waals surface area contributed by atoms with E-state index in [9.17, 15) is 4.79 Å². The van der Waals surface area contributed by atoms with Gasteiger partial charge in [-0.3, -0.25) is 4.79 Å². The molecule has 2 bridgehead atoms. The highest BCUT2D eigenvalue weighted by molar-refractivity contribution is 5.66. The summed E-state index contributed by atoms with van der Waals surface area (Å²) < 4.78 is 0. The zero-order valence-electron chi connectivity index (χ0n) is 8.61. The van der Waals surface area contributed by atoms with Gasteiger partial charge in [0.25, 0.3) is 0 Å². The number of aliphatic carboxylic acids is 1. The number of fused-ring (bicyclic) bond motifs is 2. The quantitative estimate of drug-likeness (QED) is 0.746. The van der Waals surface area contributed by atoms with Gasteiger partial charge < -0.3 is 10.0 Å². The van der Waals surface area contributed by atoms with Crippen LogP contribution in [0.1, 0.15) is 32.1 Å². The minimum absolute atomic E-state index is 0.305. The summed E-state index contributed by atoms with van der Waals surface area (Å²) in [6.45, 7) is 3.04. The maximum Gasteiger partial charge on any atom is 0.304 e. The second-order valence-corrected chi connectivity index (χ2v) is 4.80. The second-order valence-electron chi connectivity index (χ2n) is 4.80. The van der Waals surface area contributed by atoms with Crippen LogP contribution in [0, 0.1) is 11.8 Å². The van der Waals surface area contributed by atoms with Crippen LogP contribution in [0.15, 0.2) is 0 Å². The van der Waals surface area contributed by atoms with E-state index in [1.807, 2.05) is 0 Å². The molecular weight excluding hydrogens is 178 g/mol. The monoisotopic (exact) mass is 197 g/mol. The second kappa shape index (κ2) is 4.30. The Morgan fingerprint density at radius 3 is 2.50 bits per heavy atom. The Kier molecular flexibility index (Phi) is 3.06. The minimum atomic E-state index is -0.666. The van der Waals surface area contributed by atoms with E-state index < -0.39 is 5.97 Å². The van der Waals surface area contributed by atoms with Crippen LogP contribution in [0.25, 0.3) is 0 Å². The fourth-order valence-corrected chi connectivity index (χ4v) is 2.98. The molecule has 0 radical (unpaired) electrons. The number of likely N-dealkylation sites (tertiary alicyclic amines) is 1. The van der Waals surface area contributed by atoms with Crippen LogP contribution in [0.3, 0.4) is 0 Å². The van der Waals surface area contributed by atoms with Gasteiger partial charge in [-0.05, 0) is 31.1 Å². The van der Waals surface area contributed by atoms with Gasteiger partial charge in [-0.15, -0.1) is 0 Å². The molecule has 14 heavy (non-hydrogen) atoms. The number of piperidine rings is 1. The molecule has 0 unspecified atom stereocenters. The van der Waals surface area contributed by atoms with Gasteiger partial charge in [0.2, 0.25) is 0 Å². The van der Waals surface area contributed by atoms with E-state index in [1.54, 1.807) is 0 Å². The van der Waals surface area contributed by atoms with Crippen LogP contribution in [-0.4, -0.2) is 35.6 Å². The highest BCUT2D eigenvalue weighted by Gasteiger charge is 2.30. The lowest BCUT2D eigenvalue weighted by Gasteiger charge is -2.41. The average Bonchev–Trinajstić information content (AvgIpc) is 2.14. The van der Waals surface area contributed by atoms with Gasteiger partial charge in [0.05, 0.1) is 6.42 Å². The molecule has 0 aromatic heterocycles. The first-order valence-electron chi connectivity index (χ1n) is 5.68. The number of nitrogens with zero attached hydrogens (tertiary/aromatic N) is 1. The molecule has 1 saturated heterocycles. The smallest absolute Gasteiger partial charge is 0.304 e. The van der Waals surface area contributed by atoms with Gasteiger partial charge >= 0.3 is 5.97 Å². The SMILES string of the molecule is O=C(O)CCN1C[C@@H]2CCC[C@H](C2)C1. The number of carboxylic acids is 1. The lowest BCUT2D eigenvalue weighted by molar-refractivity contribution is -0.137. The molecule has 0 aromatic rings. The van der Waals surface area contributed by atoms with Crippen LogP contribution < -0.4 is 0 Å². The first-order chi connectivity index (χ1) is 6.74. The summed E-state index contributed by atoms with van der Waals surface area (Å²) in [5, 5.41) is 8.62. The van der Waals surface area contributed by atoms with Crippen molar-refractivity contribution in [3.8, 4) is 0 Å². The molecule has 1 aliphatic heterocycles. The number of rotatable bonds is 3. The molecule has 2 atom stereocenters. The Balaban J connectivity index is 1.80. The van der Waals surface area contributed by atoms with Crippen LogP contribution in [-0.2, 0) is 4.79 Å². The van der Waals surface area contributed by atoms with Crippen molar-refractivity contribution >= 4 is 5.97 Å². The van der Waals surface area contributed by atoms with Gasteiger partial charge in [-0.2, -0.15) is 0 Å². The molecule has 3 nitrogen and oxygen atoms in total. The van der Waals surface area contributed by atoms with Gasteiger partial charge in [0, 0.05) is 19.6 Å². The van der Waals surface area contributed by atoms with Crippen molar-refractivity contribution < 1.29 is 9.90 Å². The Morgan fingerprint density at radius 2 is 1.93 bits per heavy atom. The summed E-state index contributed by atoms with van der Waals surface area (Å²) in [6.07, 6.45) is 5.81. The van der Waals surface area contributed by atoms with E-state index >= 15 is 0 Å². The molecule has 1 heterocycles. The third kappa shape index (κ3) is 2.47. The van der Waals surface area contributed by atoms with Gasteiger partial charge in [-0.25, -0.2) is 0 Å². The summed E-state index contributed by atoms with van der Waals surface area (Å²) in [6, 6.07) is 0. The molecule has 0 spiro atoms. The summed E-state index contributed by atoms with van der Waals surface area (Å²) in [4.78, 5) is 12.8. The van der Waals surface area contributed by atoms with E-state index in [-0.39, 0.29) is 0 Å². The fourth-order valence-electron chi connectivity index (χ4n) is 2.98. The molecule has 2 fully saturated rings. The van der Waals surface area contributed by atoms with Crippen LogP contribution >= 0.6 is 0 Å². The summed E-state index contributed by atoms with van der Waals surface area (Å²) in [7, 11) is 0. The molecule has 80 valence electrons. The lowest BCUT2D eigenvalue weighted by atomic mass is 9.78. The molecule has 1 N–H and O–H groups in total. The van der Waals surface area contributed by atoms with Crippen molar-refractivity contribution in [1.29, 1.82) is 0 Å². The summed E-state index contributed by atoms with van der Waals surface area (Å²) in [5.74, 6) is 1.05. The highest BCUT2D eigenvalue weighted by atomic mass is 16.4. The number of carboxylic acid groups (broad SMARTS) is 1. The van der Waals surface area contributed by atoms with Gasteiger partial charge in [0.1, 0.15) is 0 Å². The third-order valence-electron chi connectivity index (χ3n) is 3.57. The van der Waals surface area contributed by atoms with Gasteiger partial charge in [-0.1, -0.05) is 6.42 Å². The molecule has 0 aromatic carbocycles. The number of hydrogen-bond acceptors (Lipinski definition) is 2. The number of carbonyl (C=O) groups is 1. The predicted octanol–water partition coefficient (Wildman–Crippen LogP) is 1.58. The zero-order chi connectivity index (χ0) is 9.97. The van der Waals surface area contributed by atoms with E-state index in [4.69, 9.17) is 5.11 Å². The normalized spacial score (nSPS) is 32.9. The van der Waals surface area contributed by atoms with E-state index in [2.05, 4.69) is 4.90 Å². The molecule has 2 rings (SSSR count). The fraction of sp³-hybridized carbons (Fsp3) is 0.909. The largest absolute Gasteiger partial charge is 0.481 e. The summed E-state index contributed by atoms with van der Waals surface area (Å²) >= 11 is 0. The Morgan fingerprint density at radius 1 is 1.29 bits per heavy atom. The topological polar surface area (TPSA) is 40.5 Å². The Bertz CT molecular complexity index is 205. The van der Waals surface area contributed by atoms with Crippen molar-refractivity contribution in [2.45, 2.75) is 32.1 Å². The molecule has 0 amide bonds. The summed E-state index contributed by atoms with van der Waals surface area (Å²) in [5.41, 5.74) is 0. The van der Waals surface area contributed by atoms with E-state index in [1.165, 1.54) is 25.7 Å². The molecule has 1 saturated carbocycles. The first-order valence-corrected chi connectivity index (χ1v) is 5.68. The molecule has 3 heteroatoms. The third-order valence-corrected chi connectivity index (χ3v) is 3.57. The zero-order valence-corrected chi connectivity index (χ0v) is 8.61. The Hall–Kier alpha value is -0.570. The molecular formula is C11H19NO2. The number of hydrogen-bond donors (Lipinski definition) is 1. The van der Waals surface area contributed by atoms with Crippen LogP contribution in [0.5, 0.6) is 0 Å². The van der Waals surface area contributed by atoms with E-state index in [0.717, 1.165) is 31.5 Å². The maximum absolute atomic E-state index is 10.5. The molecule has 2 aliphatic rings. The van der Waals surface area contributed by atoms with Crippen LogP contribution in [0.2, 0.25) is 0 Å². The maximum atomic E-state index is 10.5. The predicted molar refractivity (Wildman–Crippen MR) is 54.1 cm³/mol. The van der Waals surface area contributed by atoms with Crippen molar-refractivity contribution in [3.05, 3.63) is 0 Å². The first kappa shape index (κ1) is 9.97. The standard InChI is InChI=1S/C11H19NO2/c13-11(14)4-5-12-7-9-2-1-3-10(6-9)8-12/h9-10H,1-8H2,(H,13,14)/t9-,10-/m1/s1. The minimum Gasteiger partial charge on any atom is -0.481 e. The highest BCUT2D eigenvalue weighted by Crippen LogP contribution is 2.34. The van der Waals surface area contributed by atoms with E-state index in [0.29, 0.717) is 6.42 Å². The van der Waals surface area contributed by atoms with Crippen molar-refractivity contribution in [2.24, 2.45) is 11.8 Å². The van der Waals surface area contributed by atoms with Crippen molar-refractivity contribution in [1.82, 2.24) is 4.90 Å². The average molecular weight is 197 g/mol. The van der Waals surface area contributed by atoms with Crippen molar-refractivity contribution in [3.63, 3.8) is 0 Å². The molecule has 1 aliphatic carbocycles. The van der Waals surface area contributed by atoms with Crippen molar-refractivity contribution in [2.75, 3.05) is 19.6 Å².